The van der Waals surface area contributed by atoms with Crippen LogP contribution in [0.4, 0.5) is 10.5 Å². The molecule has 0 radical (unpaired) electrons. The Morgan fingerprint density at radius 1 is 1.17 bits per heavy atom. The van der Waals surface area contributed by atoms with E-state index in [4.69, 9.17) is 23.8 Å². The second-order valence-electron chi connectivity index (χ2n) is 6.91. The van der Waals surface area contributed by atoms with Crippen LogP contribution in [0.25, 0.3) is 0 Å². The van der Waals surface area contributed by atoms with Crippen molar-refractivity contribution >= 4 is 17.4 Å². The highest BCUT2D eigenvalue weighted by Gasteiger charge is 2.26. The third kappa shape index (κ3) is 4.05. The van der Waals surface area contributed by atoms with Crippen LogP contribution in [0.15, 0.2) is 41.6 Å². The molecule has 2 amide bonds. The molecular weight excluding hydrogens is 390 g/mol. The molecule has 2 aliphatic rings. The highest BCUT2D eigenvalue weighted by atomic mass is 16.7. The zero-order chi connectivity index (χ0) is 21.1. The van der Waals surface area contributed by atoms with Gasteiger partial charge in [-0.2, -0.15) is 0 Å². The zero-order valence-corrected chi connectivity index (χ0v) is 17.0. The van der Waals surface area contributed by atoms with E-state index in [9.17, 15) is 4.79 Å². The summed E-state index contributed by atoms with van der Waals surface area (Å²) in [5.74, 6) is 2.58. The van der Waals surface area contributed by atoms with E-state index in [1.807, 2.05) is 18.2 Å². The molecule has 0 spiro atoms. The number of fused-ring (bicyclic) bond motifs is 1. The van der Waals surface area contributed by atoms with Gasteiger partial charge in [0.05, 0.1) is 32.2 Å². The first kappa shape index (κ1) is 19.7. The van der Waals surface area contributed by atoms with Crippen molar-refractivity contribution in [3.63, 3.8) is 0 Å². The fraction of sp³-hybridized carbons (Fsp3) is 0.333. The predicted molar refractivity (Wildman–Crippen MR) is 110 cm³/mol. The lowest BCUT2D eigenvalue weighted by Crippen LogP contribution is -2.37. The maximum Gasteiger partial charge on any atom is 0.321 e. The Morgan fingerprint density at radius 2 is 2.00 bits per heavy atom. The fourth-order valence-corrected chi connectivity index (χ4v) is 3.27. The molecule has 30 heavy (non-hydrogen) atoms. The molecule has 0 saturated carbocycles. The van der Waals surface area contributed by atoms with Crippen LogP contribution >= 0.6 is 0 Å². The highest BCUT2D eigenvalue weighted by molar-refractivity contribution is 6.01. The molecule has 1 N–H and O–H groups in total. The van der Waals surface area contributed by atoms with Gasteiger partial charge in [0.15, 0.2) is 17.6 Å². The summed E-state index contributed by atoms with van der Waals surface area (Å²) in [4.78, 5) is 19.7. The molecule has 4 rings (SSSR count). The van der Waals surface area contributed by atoms with Crippen molar-refractivity contribution in [2.75, 3.05) is 39.9 Å². The Labute approximate surface area is 174 Å². The number of carbonyl (C=O) groups excluding carboxylic acids is 1. The van der Waals surface area contributed by atoms with E-state index in [0.29, 0.717) is 35.9 Å². The maximum absolute atomic E-state index is 12.6. The number of carbonyl (C=O) groups is 1. The molecular formula is C21H23N3O6. The number of nitrogens with zero attached hydrogens (tertiary/aromatic N) is 2. The number of benzene rings is 2. The number of hydrogen-bond donors (Lipinski definition) is 1. The Hall–Kier alpha value is -3.62. The predicted octanol–water partition coefficient (Wildman–Crippen LogP) is 3.09. The molecule has 0 fully saturated rings. The fourth-order valence-electron chi connectivity index (χ4n) is 3.27. The molecule has 0 bridgehead atoms. The topological polar surface area (TPSA) is 90.9 Å². The van der Waals surface area contributed by atoms with Gasteiger partial charge >= 0.3 is 6.03 Å². The monoisotopic (exact) mass is 413 g/mol. The summed E-state index contributed by atoms with van der Waals surface area (Å²) in [6.45, 7) is 0.602. The van der Waals surface area contributed by atoms with Crippen LogP contribution in [0, 0.1) is 0 Å². The zero-order valence-electron chi connectivity index (χ0n) is 17.0. The van der Waals surface area contributed by atoms with Crippen LogP contribution < -0.4 is 24.3 Å². The Morgan fingerprint density at radius 3 is 2.80 bits per heavy atom. The number of oxime groups is 1. The first-order valence-electron chi connectivity index (χ1n) is 9.44. The second kappa shape index (κ2) is 8.40. The largest absolute Gasteiger partial charge is 0.497 e. The summed E-state index contributed by atoms with van der Waals surface area (Å²) in [5.41, 5.74) is 2.28. The van der Waals surface area contributed by atoms with Crippen molar-refractivity contribution in [1.29, 1.82) is 0 Å². The van der Waals surface area contributed by atoms with E-state index in [1.54, 1.807) is 37.3 Å². The molecule has 0 aromatic heterocycles. The van der Waals surface area contributed by atoms with E-state index < -0.39 is 0 Å². The van der Waals surface area contributed by atoms with Gasteiger partial charge in [-0.3, -0.25) is 0 Å². The molecule has 0 unspecified atom stereocenters. The first-order valence-corrected chi connectivity index (χ1v) is 9.44. The minimum absolute atomic E-state index is 0.225. The molecule has 2 aromatic rings. The smallest absolute Gasteiger partial charge is 0.321 e. The minimum Gasteiger partial charge on any atom is -0.497 e. The summed E-state index contributed by atoms with van der Waals surface area (Å²) in [6.07, 6.45) is 0.349. The lowest BCUT2D eigenvalue weighted by atomic mass is 10.0. The summed E-state index contributed by atoms with van der Waals surface area (Å²) < 4.78 is 21.2. The summed E-state index contributed by atoms with van der Waals surface area (Å²) in [5, 5.41) is 7.02. The van der Waals surface area contributed by atoms with Crippen molar-refractivity contribution in [2.45, 2.75) is 12.5 Å². The molecule has 1 atom stereocenters. The molecule has 2 heterocycles. The second-order valence-corrected chi connectivity index (χ2v) is 6.91. The number of amides is 2. The van der Waals surface area contributed by atoms with Crippen LogP contribution in [0.5, 0.6) is 23.0 Å². The standard InChI is InChI=1S/C21H23N3O6/c1-24(21(25)22-16-6-5-14(26-2)10-19(16)27-3)11-15-9-17(23-30-15)13-4-7-18-20(8-13)29-12-28-18/h4-8,10,15H,9,11-12H2,1-3H3,(H,22,25)/t15-/m0/s1. The number of hydrogen-bond acceptors (Lipinski definition) is 7. The first-order chi connectivity index (χ1) is 14.6. The molecule has 2 aliphatic heterocycles. The normalized spacial score (nSPS) is 16.5. The molecule has 158 valence electrons. The number of likely N-dealkylation sites (N-methyl/N-ethyl adjacent to an activating group) is 1. The van der Waals surface area contributed by atoms with Gasteiger partial charge in [-0.1, -0.05) is 5.16 Å². The molecule has 9 nitrogen and oxygen atoms in total. The summed E-state index contributed by atoms with van der Waals surface area (Å²) in [6, 6.07) is 10.6. The maximum atomic E-state index is 12.6. The van der Waals surface area contributed by atoms with Gasteiger partial charge < -0.3 is 34.0 Å². The number of rotatable bonds is 6. The van der Waals surface area contributed by atoms with E-state index in [2.05, 4.69) is 10.5 Å². The van der Waals surface area contributed by atoms with Gasteiger partial charge in [0.2, 0.25) is 6.79 Å². The Kier molecular flexibility index (Phi) is 5.51. The van der Waals surface area contributed by atoms with Crippen LogP contribution in [-0.2, 0) is 4.84 Å². The molecule has 9 heteroatoms. The average molecular weight is 413 g/mol. The Bertz CT molecular complexity index is 977. The van der Waals surface area contributed by atoms with Crippen LogP contribution in [0.2, 0.25) is 0 Å². The molecule has 0 saturated heterocycles. The van der Waals surface area contributed by atoms with Gasteiger partial charge in [0, 0.05) is 25.1 Å². The van der Waals surface area contributed by atoms with Crippen molar-refractivity contribution in [3.8, 4) is 23.0 Å². The van der Waals surface area contributed by atoms with Gasteiger partial charge in [-0.25, -0.2) is 4.79 Å². The van der Waals surface area contributed by atoms with Crippen LogP contribution in [-0.4, -0.2) is 57.4 Å². The average Bonchev–Trinajstić information content (AvgIpc) is 3.42. The van der Waals surface area contributed by atoms with Crippen molar-refractivity contribution < 1.29 is 28.6 Å². The number of methoxy groups -OCH3 is 2. The van der Waals surface area contributed by atoms with Crippen molar-refractivity contribution in [1.82, 2.24) is 4.90 Å². The van der Waals surface area contributed by atoms with E-state index >= 15 is 0 Å². The quantitative estimate of drug-likeness (QED) is 0.783. The van der Waals surface area contributed by atoms with Gasteiger partial charge in [0.25, 0.3) is 0 Å². The van der Waals surface area contributed by atoms with E-state index in [0.717, 1.165) is 17.0 Å². The highest BCUT2D eigenvalue weighted by Crippen LogP contribution is 2.34. The van der Waals surface area contributed by atoms with Crippen molar-refractivity contribution in [2.24, 2.45) is 5.16 Å². The molecule has 2 aromatic carbocycles. The lowest BCUT2D eigenvalue weighted by molar-refractivity contribution is 0.0672. The Balaban J connectivity index is 1.33. The minimum atomic E-state index is -0.279. The number of anilines is 1. The third-order valence-electron chi connectivity index (χ3n) is 4.91. The van der Waals surface area contributed by atoms with E-state index in [1.165, 1.54) is 7.11 Å². The van der Waals surface area contributed by atoms with E-state index in [-0.39, 0.29) is 18.9 Å². The lowest BCUT2D eigenvalue weighted by Gasteiger charge is -2.21. The number of nitrogens with one attached hydrogen (secondary N) is 1. The number of ether oxygens (including phenoxy) is 4. The SMILES string of the molecule is COc1ccc(NC(=O)N(C)C[C@@H]2CC(c3ccc4c(c3)OCO4)=NO2)c(OC)c1. The summed E-state index contributed by atoms with van der Waals surface area (Å²) >= 11 is 0. The van der Waals surface area contributed by atoms with Crippen molar-refractivity contribution in [3.05, 3.63) is 42.0 Å². The third-order valence-corrected chi connectivity index (χ3v) is 4.91. The van der Waals surface area contributed by atoms with Gasteiger partial charge in [0.1, 0.15) is 11.5 Å². The molecule has 0 aliphatic carbocycles. The summed E-state index contributed by atoms with van der Waals surface area (Å²) in [7, 11) is 4.81. The number of urea groups is 1. The van der Waals surface area contributed by atoms with Gasteiger partial charge in [-0.15, -0.1) is 0 Å². The van der Waals surface area contributed by atoms with Gasteiger partial charge in [-0.05, 0) is 30.3 Å². The van der Waals surface area contributed by atoms with Crippen LogP contribution in [0.3, 0.4) is 0 Å². The van der Waals surface area contributed by atoms with Crippen LogP contribution in [0.1, 0.15) is 12.0 Å².